The summed E-state index contributed by atoms with van der Waals surface area (Å²) in [6.07, 6.45) is 0. The van der Waals surface area contributed by atoms with Crippen molar-refractivity contribution in [1.29, 1.82) is 0 Å². The second-order valence-electron chi connectivity index (χ2n) is 6.14. The third-order valence-corrected chi connectivity index (χ3v) is 5.57. The van der Waals surface area contributed by atoms with E-state index in [0.717, 1.165) is 18.2 Å². The molecule has 0 unspecified atom stereocenters. The summed E-state index contributed by atoms with van der Waals surface area (Å²) in [5.41, 5.74) is 1.86. The van der Waals surface area contributed by atoms with Gasteiger partial charge in [0, 0.05) is 11.1 Å². The van der Waals surface area contributed by atoms with Gasteiger partial charge in [-0.1, -0.05) is 0 Å². The third kappa shape index (κ3) is 3.21. The fraction of sp³-hybridized carbons (Fsp3) is 0.158. The van der Waals surface area contributed by atoms with Gasteiger partial charge in [0.25, 0.3) is 0 Å². The van der Waals surface area contributed by atoms with Crippen LogP contribution in [0.5, 0.6) is 0 Å². The number of hydrogen-bond donors (Lipinski definition) is 1. The molecule has 2 heterocycles. The molecule has 0 saturated carbocycles. The first-order valence-corrected chi connectivity index (χ1v) is 9.21. The van der Waals surface area contributed by atoms with Gasteiger partial charge in [-0.05, 0) is 49.4 Å². The molecule has 1 aromatic heterocycles. The maximum absolute atomic E-state index is 14.4. The number of carbonyl (C=O) groups excluding carboxylic acids is 1. The Morgan fingerprint density at radius 1 is 1.11 bits per heavy atom. The van der Waals surface area contributed by atoms with E-state index in [1.807, 2.05) is 0 Å². The van der Waals surface area contributed by atoms with E-state index < -0.39 is 22.7 Å². The number of halogens is 3. The molecule has 138 valence electrons. The minimum atomic E-state index is -0.608. The molecular formula is C19H14F3N3OS. The largest absolute Gasteiger partial charge is 0.310 e. The molecule has 4 rings (SSSR count). The molecule has 1 N–H and O–H groups in total. The Labute approximate surface area is 157 Å². The van der Waals surface area contributed by atoms with E-state index in [1.54, 1.807) is 6.92 Å². The summed E-state index contributed by atoms with van der Waals surface area (Å²) >= 11 is 1.20. The van der Waals surface area contributed by atoms with E-state index in [4.69, 9.17) is 0 Å². The summed E-state index contributed by atoms with van der Waals surface area (Å²) in [6, 6.07) is 8.91. The normalized spacial score (nSPS) is 16.6. The molecule has 4 nitrogen and oxygen atoms in total. The number of fused-ring (bicyclic) bond motifs is 1. The number of nitrogens with one attached hydrogen (secondary N) is 1. The Bertz CT molecular complexity index is 1030. The van der Waals surface area contributed by atoms with Gasteiger partial charge in [0.1, 0.15) is 23.3 Å². The van der Waals surface area contributed by atoms with Gasteiger partial charge in [-0.2, -0.15) is 5.10 Å². The predicted octanol–water partition coefficient (Wildman–Crippen LogP) is 4.37. The Kier molecular flexibility index (Phi) is 4.43. The molecule has 1 amide bonds. The van der Waals surface area contributed by atoms with Crippen LogP contribution in [0.3, 0.4) is 0 Å². The molecule has 1 atom stereocenters. The summed E-state index contributed by atoms with van der Waals surface area (Å²) in [5.74, 6) is -1.32. The van der Waals surface area contributed by atoms with E-state index in [9.17, 15) is 18.0 Å². The highest BCUT2D eigenvalue weighted by molar-refractivity contribution is 8.00. The van der Waals surface area contributed by atoms with Crippen molar-refractivity contribution in [3.8, 4) is 5.69 Å². The van der Waals surface area contributed by atoms with Crippen LogP contribution in [-0.2, 0) is 4.79 Å². The minimum absolute atomic E-state index is 0.0815. The first-order chi connectivity index (χ1) is 12.9. The molecule has 0 fully saturated rings. The number of rotatable bonds is 2. The molecule has 2 aromatic carbocycles. The van der Waals surface area contributed by atoms with Crippen molar-refractivity contribution in [3.05, 3.63) is 76.7 Å². The van der Waals surface area contributed by atoms with Gasteiger partial charge >= 0.3 is 0 Å². The lowest BCUT2D eigenvalue weighted by molar-refractivity contribution is -0.113. The van der Waals surface area contributed by atoms with E-state index in [1.165, 1.54) is 40.7 Å². The number of thioether (sulfide) groups is 1. The highest BCUT2D eigenvalue weighted by Gasteiger charge is 2.32. The highest BCUT2D eigenvalue weighted by atomic mass is 32.2. The minimum Gasteiger partial charge on any atom is -0.310 e. The molecule has 0 radical (unpaired) electrons. The van der Waals surface area contributed by atoms with Gasteiger partial charge in [0.05, 0.1) is 22.4 Å². The monoisotopic (exact) mass is 389 g/mol. The van der Waals surface area contributed by atoms with Gasteiger partial charge in [-0.3, -0.25) is 4.79 Å². The summed E-state index contributed by atoms with van der Waals surface area (Å²) in [4.78, 5) is 12.2. The standard InChI is InChI=1S/C19H14F3N3OS/c1-10-17-18(14-8-12(21)4-7-15(14)22)27-9-16(26)23-19(17)25(24-10)13-5-2-11(20)3-6-13/h2-8,18H,9H2,1H3,(H,23,26)/t18-/m1/s1. The van der Waals surface area contributed by atoms with Crippen LogP contribution in [0.2, 0.25) is 0 Å². The topological polar surface area (TPSA) is 46.9 Å². The van der Waals surface area contributed by atoms with Crippen LogP contribution in [0.25, 0.3) is 5.69 Å². The zero-order valence-corrected chi connectivity index (χ0v) is 15.0. The van der Waals surface area contributed by atoms with Crippen molar-refractivity contribution < 1.29 is 18.0 Å². The molecule has 1 aliphatic heterocycles. The van der Waals surface area contributed by atoms with Crippen molar-refractivity contribution >= 4 is 23.5 Å². The zero-order valence-electron chi connectivity index (χ0n) is 14.2. The van der Waals surface area contributed by atoms with Crippen LogP contribution in [0.15, 0.2) is 42.5 Å². The lowest BCUT2D eigenvalue weighted by Gasteiger charge is -2.16. The lowest BCUT2D eigenvalue weighted by atomic mass is 10.0. The van der Waals surface area contributed by atoms with Crippen LogP contribution < -0.4 is 5.32 Å². The zero-order chi connectivity index (χ0) is 19.1. The summed E-state index contributed by atoms with van der Waals surface area (Å²) in [5, 5.41) is 6.63. The Morgan fingerprint density at radius 3 is 2.56 bits per heavy atom. The van der Waals surface area contributed by atoms with Crippen LogP contribution in [-0.4, -0.2) is 21.4 Å². The van der Waals surface area contributed by atoms with E-state index >= 15 is 0 Å². The maximum atomic E-state index is 14.4. The second kappa shape index (κ2) is 6.77. The van der Waals surface area contributed by atoms with Crippen molar-refractivity contribution in [3.63, 3.8) is 0 Å². The fourth-order valence-corrected chi connectivity index (χ4v) is 4.31. The van der Waals surface area contributed by atoms with Gasteiger partial charge in [0.15, 0.2) is 0 Å². The molecule has 1 aliphatic rings. The van der Waals surface area contributed by atoms with Gasteiger partial charge in [-0.25, -0.2) is 17.9 Å². The number of hydrogen-bond acceptors (Lipinski definition) is 3. The molecule has 0 saturated heterocycles. The quantitative estimate of drug-likeness (QED) is 0.708. The first kappa shape index (κ1) is 17.7. The number of amides is 1. The number of nitrogens with zero attached hydrogens (tertiary/aromatic N) is 2. The van der Waals surface area contributed by atoms with E-state index in [2.05, 4.69) is 10.4 Å². The van der Waals surface area contributed by atoms with Gasteiger partial charge in [-0.15, -0.1) is 11.8 Å². The molecule has 0 spiro atoms. The molecule has 0 aliphatic carbocycles. The van der Waals surface area contributed by atoms with Crippen LogP contribution in [0, 0.1) is 24.4 Å². The number of carbonyl (C=O) groups is 1. The Hall–Kier alpha value is -2.74. The van der Waals surface area contributed by atoms with Crippen LogP contribution >= 0.6 is 11.8 Å². The number of aryl methyl sites for hydroxylation is 1. The van der Waals surface area contributed by atoms with Gasteiger partial charge < -0.3 is 5.32 Å². The average molecular weight is 389 g/mol. The van der Waals surface area contributed by atoms with E-state index in [-0.39, 0.29) is 17.2 Å². The molecule has 27 heavy (non-hydrogen) atoms. The van der Waals surface area contributed by atoms with Crippen molar-refractivity contribution in [2.75, 3.05) is 11.1 Å². The SMILES string of the molecule is Cc1nn(-c2ccc(F)cc2)c2c1[C@@H](c1cc(F)ccc1F)SCC(=O)N2. The van der Waals surface area contributed by atoms with E-state index in [0.29, 0.717) is 22.8 Å². The molecule has 3 aromatic rings. The number of anilines is 1. The van der Waals surface area contributed by atoms with Crippen molar-refractivity contribution in [2.24, 2.45) is 0 Å². The second-order valence-corrected chi connectivity index (χ2v) is 7.23. The number of benzene rings is 2. The third-order valence-electron chi connectivity index (χ3n) is 4.32. The van der Waals surface area contributed by atoms with Crippen LogP contribution in [0.1, 0.15) is 22.1 Å². The smallest absolute Gasteiger partial charge is 0.235 e. The number of aromatic nitrogens is 2. The fourth-order valence-electron chi connectivity index (χ4n) is 3.11. The molecule has 0 bridgehead atoms. The van der Waals surface area contributed by atoms with Crippen molar-refractivity contribution in [1.82, 2.24) is 9.78 Å². The average Bonchev–Trinajstić information content (AvgIpc) is 2.84. The molecular weight excluding hydrogens is 375 g/mol. The highest BCUT2D eigenvalue weighted by Crippen LogP contribution is 2.44. The van der Waals surface area contributed by atoms with Gasteiger partial charge in [0.2, 0.25) is 5.91 Å². The Balaban J connectivity index is 1.91. The van der Waals surface area contributed by atoms with Crippen molar-refractivity contribution in [2.45, 2.75) is 12.2 Å². The summed E-state index contributed by atoms with van der Waals surface area (Å²) < 4.78 is 42.9. The lowest BCUT2D eigenvalue weighted by Crippen LogP contribution is -2.15. The van der Waals surface area contributed by atoms with Crippen LogP contribution in [0.4, 0.5) is 19.0 Å². The summed E-state index contributed by atoms with van der Waals surface area (Å²) in [7, 11) is 0. The maximum Gasteiger partial charge on any atom is 0.235 e. The molecule has 8 heteroatoms. The summed E-state index contributed by atoms with van der Waals surface area (Å²) in [6.45, 7) is 1.74. The Morgan fingerprint density at radius 2 is 1.81 bits per heavy atom. The first-order valence-electron chi connectivity index (χ1n) is 8.16. The predicted molar refractivity (Wildman–Crippen MR) is 97.5 cm³/mol.